The summed E-state index contributed by atoms with van der Waals surface area (Å²) >= 11 is 0. The minimum Gasteiger partial charge on any atom is -0.498 e. The van der Waals surface area contributed by atoms with E-state index in [4.69, 9.17) is 14.5 Å². The van der Waals surface area contributed by atoms with Gasteiger partial charge in [-0.2, -0.15) is 0 Å². The van der Waals surface area contributed by atoms with Gasteiger partial charge >= 0.3 is 0 Å². The standard InChI is InChI=1S/C30H41N5O2/c1-9-12-13-14-15-24(22(7)37-11-3)25-17-26(31-18-23-16-28(36-8)33-19-32-23)30-29(34-25)21(6)27(10-2)35(30)20(4)5/h12-17,19-20H,9-11,18H2,1-8H3,(H,31,34)/b13-12+,15-14-,24-22-. The Bertz CT molecular complexity index is 1300. The molecule has 198 valence electrons. The molecular formula is C30H41N5O2. The lowest BCUT2D eigenvalue weighted by Crippen LogP contribution is -2.09. The first-order valence-corrected chi connectivity index (χ1v) is 13.2. The summed E-state index contributed by atoms with van der Waals surface area (Å²) < 4.78 is 13.6. The molecule has 7 heteroatoms. The van der Waals surface area contributed by atoms with Gasteiger partial charge in [-0.25, -0.2) is 15.0 Å². The highest BCUT2D eigenvalue weighted by Crippen LogP contribution is 2.36. The number of nitrogens with zero attached hydrogens (tertiary/aromatic N) is 4. The number of nitrogens with one attached hydrogen (secondary N) is 1. The summed E-state index contributed by atoms with van der Waals surface area (Å²) in [5.74, 6) is 1.39. The summed E-state index contributed by atoms with van der Waals surface area (Å²) in [5.41, 5.74) is 8.31. The molecule has 0 saturated carbocycles. The van der Waals surface area contributed by atoms with Gasteiger partial charge in [-0.15, -0.1) is 0 Å². The van der Waals surface area contributed by atoms with Gasteiger partial charge in [-0.05, 0) is 65.2 Å². The first-order valence-electron chi connectivity index (χ1n) is 13.2. The highest BCUT2D eigenvalue weighted by Gasteiger charge is 2.21. The van der Waals surface area contributed by atoms with Gasteiger partial charge in [0.25, 0.3) is 0 Å². The first kappa shape index (κ1) is 28.0. The van der Waals surface area contributed by atoms with Gasteiger partial charge in [-0.3, -0.25) is 0 Å². The van der Waals surface area contributed by atoms with Crippen molar-refractivity contribution in [2.24, 2.45) is 0 Å². The van der Waals surface area contributed by atoms with E-state index < -0.39 is 0 Å². The molecule has 0 bridgehead atoms. The highest BCUT2D eigenvalue weighted by atomic mass is 16.5. The van der Waals surface area contributed by atoms with E-state index in [0.29, 0.717) is 19.0 Å². The molecule has 0 aliphatic rings. The van der Waals surface area contributed by atoms with Crippen molar-refractivity contribution in [2.45, 2.75) is 73.9 Å². The number of hydrogen-bond donors (Lipinski definition) is 1. The van der Waals surface area contributed by atoms with Crippen LogP contribution < -0.4 is 10.1 Å². The number of rotatable bonds is 12. The summed E-state index contributed by atoms with van der Waals surface area (Å²) in [4.78, 5) is 13.8. The predicted molar refractivity (Wildman–Crippen MR) is 153 cm³/mol. The maximum absolute atomic E-state index is 5.95. The van der Waals surface area contributed by atoms with Crippen molar-refractivity contribution in [3.8, 4) is 5.88 Å². The maximum Gasteiger partial charge on any atom is 0.216 e. The average molecular weight is 504 g/mol. The number of aryl methyl sites for hydroxylation is 1. The molecule has 3 heterocycles. The van der Waals surface area contributed by atoms with Crippen molar-refractivity contribution in [3.05, 3.63) is 71.2 Å². The fraction of sp³-hybridized carbons (Fsp3) is 0.433. The molecule has 0 aliphatic carbocycles. The second-order valence-electron chi connectivity index (χ2n) is 9.14. The van der Waals surface area contributed by atoms with Gasteiger partial charge in [0, 0.05) is 23.4 Å². The molecule has 3 aromatic rings. The van der Waals surface area contributed by atoms with Crippen molar-refractivity contribution in [1.82, 2.24) is 19.5 Å². The summed E-state index contributed by atoms with van der Waals surface area (Å²) in [7, 11) is 1.61. The van der Waals surface area contributed by atoms with E-state index in [1.54, 1.807) is 7.11 Å². The van der Waals surface area contributed by atoms with Crippen LogP contribution in [0.25, 0.3) is 16.6 Å². The SMILES string of the molecule is CC/C=C/C=C\C(=C(/C)OCC)c1cc(NCc2cc(OC)ncn2)c2c(n1)c(C)c(CC)n2C(C)C. The van der Waals surface area contributed by atoms with Crippen molar-refractivity contribution in [2.75, 3.05) is 19.0 Å². The second-order valence-corrected chi connectivity index (χ2v) is 9.14. The Morgan fingerprint density at radius 2 is 1.92 bits per heavy atom. The van der Waals surface area contributed by atoms with E-state index in [1.165, 1.54) is 17.6 Å². The Balaban J connectivity index is 2.24. The van der Waals surface area contributed by atoms with Crippen LogP contribution in [0.5, 0.6) is 5.88 Å². The quantitative estimate of drug-likeness (QED) is 0.208. The van der Waals surface area contributed by atoms with E-state index in [1.807, 2.05) is 19.9 Å². The molecule has 3 aromatic heterocycles. The molecule has 37 heavy (non-hydrogen) atoms. The van der Waals surface area contributed by atoms with Gasteiger partial charge in [0.05, 0.1) is 48.4 Å². The van der Waals surface area contributed by atoms with Crippen LogP contribution in [0.4, 0.5) is 5.69 Å². The number of allylic oxidation sites excluding steroid dienone is 6. The fourth-order valence-electron chi connectivity index (χ4n) is 4.59. The molecule has 3 rings (SSSR count). The Labute approximate surface area is 221 Å². The van der Waals surface area contributed by atoms with Gasteiger partial charge in [0.1, 0.15) is 12.1 Å². The molecule has 0 amide bonds. The number of aromatic nitrogens is 4. The minimum atomic E-state index is 0.290. The minimum absolute atomic E-state index is 0.290. The number of anilines is 1. The normalized spacial score (nSPS) is 12.7. The van der Waals surface area contributed by atoms with Crippen LogP contribution in [0.2, 0.25) is 0 Å². The summed E-state index contributed by atoms with van der Waals surface area (Å²) in [6.45, 7) is 16.1. The fourth-order valence-corrected chi connectivity index (χ4v) is 4.59. The number of pyridine rings is 1. The smallest absolute Gasteiger partial charge is 0.216 e. The van der Waals surface area contributed by atoms with Crippen molar-refractivity contribution in [1.29, 1.82) is 0 Å². The third kappa shape index (κ3) is 6.40. The van der Waals surface area contributed by atoms with Crippen LogP contribution in [0.3, 0.4) is 0 Å². The monoisotopic (exact) mass is 503 g/mol. The number of hydrogen-bond acceptors (Lipinski definition) is 6. The molecule has 7 nitrogen and oxygen atoms in total. The second kappa shape index (κ2) is 13.1. The molecule has 0 radical (unpaired) electrons. The topological polar surface area (TPSA) is 74.1 Å². The van der Waals surface area contributed by atoms with Crippen LogP contribution in [0.15, 0.2) is 48.5 Å². The van der Waals surface area contributed by atoms with E-state index in [-0.39, 0.29) is 6.04 Å². The maximum atomic E-state index is 5.95. The van der Waals surface area contributed by atoms with Crippen LogP contribution in [-0.2, 0) is 17.7 Å². The predicted octanol–water partition coefficient (Wildman–Crippen LogP) is 7.19. The number of ether oxygens (including phenoxy) is 2. The Morgan fingerprint density at radius 3 is 2.57 bits per heavy atom. The Morgan fingerprint density at radius 1 is 1.14 bits per heavy atom. The zero-order valence-corrected chi connectivity index (χ0v) is 23.6. The van der Waals surface area contributed by atoms with E-state index >= 15 is 0 Å². The Kier molecular flexibility index (Phi) is 9.89. The van der Waals surface area contributed by atoms with Crippen molar-refractivity contribution >= 4 is 22.3 Å². The largest absolute Gasteiger partial charge is 0.498 e. The molecule has 0 aliphatic heterocycles. The van der Waals surface area contributed by atoms with E-state index in [9.17, 15) is 0 Å². The zero-order valence-electron chi connectivity index (χ0n) is 23.6. The lowest BCUT2D eigenvalue weighted by Gasteiger charge is -2.18. The van der Waals surface area contributed by atoms with Crippen LogP contribution in [0, 0.1) is 6.92 Å². The lowest BCUT2D eigenvalue weighted by molar-refractivity contribution is 0.233. The third-order valence-corrected chi connectivity index (χ3v) is 6.29. The van der Waals surface area contributed by atoms with E-state index in [2.05, 4.69) is 84.8 Å². The van der Waals surface area contributed by atoms with Crippen LogP contribution >= 0.6 is 0 Å². The molecule has 0 spiro atoms. The summed E-state index contributed by atoms with van der Waals surface area (Å²) in [6, 6.07) is 4.27. The van der Waals surface area contributed by atoms with Crippen molar-refractivity contribution in [3.63, 3.8) is 0 Å². The van der Waals surface area contributed by atoms with Gasteiger partial charge in [0.15, 0.2) is 0 Å². The highest BCUT2D eigenvalue weighted by molar-refractivity contribution is 5.95. The molecule has 0 atom stereocenters. The zero-order chi connectivity index (χ0) is 26.9. The molecule has 0 unspecified atom stereocenters. The summed E-state index contributed by atoms with van der Waals surface area (Å²) in [5, 5.41) is 3.65. The number of methoxy groups -OCH3 is 1. The van der Waals surface area contributed by atoms with Crippen LogP contribution in [0.1, 0.15) is 76.7 Å². The molecule has 0 aromatic carbocycles. The lowest BCUT2D eigenvalue weighted by atomic mass is 10.1. The average Bonchev–Trinajstić information content (AvgIpc) is 3.19. The van der Waals surface area contributed by atoms with Crippen LogP contribution in [-0.4, -0.2) is 33.2 Å². The molecule has 1 N–H and O–H groups in total. The molecule has 0 saturated heterocycles. The number of fused-ring (bicyclic) bond motifs is 1. The van der Waals surface area contributed by atoms with Gasteiger partial charge < -0.3 is 19.4 Å². The van der Waals surface area contributed by atoms with Crippen molar-refractivity contribution < 1.29 is 9.47 Å². The molecule has 0 fully saturated rings. The van der Waals surface area contributed by atoms with Gasteiger partial charge in [-0.1, -0.05) is 32.1 Å². The Hall–Kier alpha value is -3.61. The summed E-state index contributed by atoms with van der Waals surface area (Å²) in [6.07, 6.45) is 11.8. The first-order chi connectivity index (χ1) is 17.9. The van der Waals surface area contributed by atoms with Gasteiger partial charge in [0.2, 0.25) is 5.88 Å². The molecular weight excluding hydrogens is 462 g/mol. The third-order valence-electron chi connectivity index (χ3n) is 6.29. The van der Waals surface area contributed by atoms with E-state index in [0.717, 1.165) is 52.3 Å².